The molecule has 0 radical (unpaired) electrons. The maximum absolute atomic E-state index is 13.4. The van der Waals surface area contributed by atoms with Crippen LogP contribution in [0.2, 0.25) is 0 Å². The molecular formula is C27H36FN3O3. The SMILES string of the molecule is CC(C)COc1ccc(CNC(=O)N(Cc2ccc(F)cc2)C2CC3COCC(C2)N3C)cc1. The first kappa shape index (κ1) is 24.5. The second-order valence-corrected chi connectivity index (χ2v) is 9.90. The Balaban J connectivity index is 1.42. The molecule has 4 rings (SSSR count). The third-order valence-corrected chi connectivity index (χ3v) is 6.78. The smallest absolute Gasteiger partial charge is 0.318 e. The lowest BCUT2D eigenvalue weighted by atomic mass is 9.89. The summed E-state index contributed by atoms with van der Waals surface area (Å²) in [4.78, 5) is 17.7. The monoisotopic (exact) mass is 469 g/mol. The summed E-state index contributed by atoms with van der Waals surface area (Å²) in [5.41, 5.74) is 1.93. The highest BCUT2D eigenvalue weighted by atomic mass is 19.1. The average Bonchev–Trinajstić information content (AvgIpc) is 2.81. The largest absolute Gasteiger partial charge is 0.493 e. The van der Waals surface area contributed by atoms with E-state index in [0.29, 0.717) is 50.9 Å². The number of piperidine rings is 1. The predicted molar refractivity (Wildman–Crippen MR) is 130 cm³/mol. The minimum absolute atomic E-state index is 0.0991. The number of benzene rings is 2. The van der Waals surface area contributed by atoms with Gasteiger partial charge in [-0.25, -0.2) is 9.18 Å². The van der Waals surface area contributed by atoms with Crippen molar-refractivity contribution >= 4 is 6.03 Å². The Morgan fingerprint density at radius 1 is 1.09 bits per heavy atom. The van der Waals surface area contributed by atoms with E-state index in [2.05, 4.69) is 31.1 Å². The number of ether oxygens (including phenoxy) is 2. The zero-order chi connectivity index (χ0) is 24.1. The second-order valence-electron chi connectivity index (χ2n) is 9.90. The number of rotatable bonds is 8. The molecule has 2 saturated heterocycles. The molecule has 184 valence electrons. The van der Waals surface area contributed by atoms with Crippen molar-refractivity contribution in [1.82, 2.24) is 15.1 Å². The Labute approximate surface area is 202 Å². The first-order chi connectivity index (χ1) is 16.4. The quantitative estimate of drug-likeness (QED) is 0.621. The average molecular weight is 470 g/mol. The second kappa shape index (κ2) is 11.2. The molecule has 2 aromatic carbocycles. The van der Waals surface area contributed by atoms with Crippen LogP contribution in [0.3, 0.4) is 0 Å². The van der Waals surface area contributed by atoms with Crippen molar-refractivity contribution in [2.24, 2.45) is 5.92 Å². The Kier molecular flexibility index (Phi) is 8.06. The van der Waals surface area contributed by atoms with E-state index in [-0.39, 0.29) is 17.9 Å². The Morgan fingerprint density at radius 2 is 1.71 bits per heavy atom. The van der Waals surface area contributed by atoms with Crippen LogP contribution < -0.4 is 10.1 Å². The third kappa shape index (κ3) is 6.27. The van der Waals surface area contributed by atoms with Crippen molar-refractivity contribution in [1.29, 1.82) is 0 Å². The Morgan fingerprint density at radius 3 is 2.32 bits per heavy atom. The molecule has 2 aliphatic heterocycles. The van der Waals surface area contributed by atoms with Crippen LogP contribution in [0.25, 0.3) is 0 Å². The highest BCUT2D eigenvalue weighted by Gasteiger charge is 2.40. The van der Waals surface area contributed by atoms with Gasteiger partial charge in [-0.15, -0.1) is 0 Å². The topological polar surface area (TPSA) is 54.0 Å². The Bertz CT molecular complexity index is 921. The molecule has 2 bridgehead atoms. The van der Waals surface area contributed by atoms with E-state index in [1.54, 1.807) is 12.1 Å². The third-order valence-electron chi connectivity index (χ3n) is 6.78. The molecule has 0 aliphatic carbocycles. The van der Waals surface area contributed by atoms with Crippen molar-refractivity contribution in [3.05, 3.63) is 65.5 Å². The van der Waals surface area contributed by atoms with E-state index in [0.717, 1.165) is 29.7 Å². The lowest BCUT2D eigenvalue weighted by molar-refractivity contribution is -0.0788. The molecule has 2 fully saturated rings. The van der Waals surface area contributed by atoms with E-state index in [9.17, 15) is 9.18 Å². The number of likely N-dealkylation sites (N-methyl/N-ethyl adjacent to an activating group) is 1. The van der Waals surface area contributed by atoms with Crippen LogP contribution in [-0.4, -0.2) is 60.8 Å². The zero-order valence-corrected chi connectivity index (χ0v) is 20.4. The summed E-state index contributed by atoms with van der Waals surface area (Å²) >= 11 is 0. The fourth-order valence-corrected chi connectivity index (χ4v) is 4.72. The van der Waals surface area contributed by atoms with Gasteiger partial charge in [-0.05, 0) is 61.2 Å². The molecule has 2 unspecified atom stereocenters. The summed E-state index contributed by atoms with van der Waals surface area (Å²) in [5.74, 6) is 1.03. The molecule has 2 amide bonds. The van der Waals surface area contributed by atoms with Crippen LogP contribution in [0.5, 0.6) is 5.75 Å². The molecule has 2 atom stereocenters. The summed E-state index contributed by atoms with van der Waals surface area (Å²) in [5, 5.41) is 3.10. The summed E-state index contributed by atoms with van der Waals surface area (Å²) in [6.45, 7) is 7.19. The standard InChI is InChI=1S/C27H36FN3O3/c1-19(2)16-34-26-10-6-20(7-11-26)14-29-27(32)31(15-21-4-8-22(28)9-5-21)23-12-24-17-33-18-25(13-23)30(24)3/h4-11,19,23-25H,12-18H2,1-3H3,(H,29,32). The molecule has 2 heterocycles. The van der Waals surface area contributed by atoms with E-state index in [1.807, 2.05) is 29.2 Å². The molecule has 6 nitrogen and oxygen atoms in total. The van der Waals surface area contributed by atoms with Gasteiger partial charge in [0, 0.05) is 31.2 Å². The number of nitrogens with zero attached hydrogens (tertiary/aromatic N) is 2. The normalized spacial score (nSPS) is 22.4. The van der Waals surface area contributed by atoms with Gasteiger partial charge >= 0.3 is 6.03 Å². The first-order valence-corrected chi connectivity index (χ1v) is 12.2. The van der Waals surface area contributed by atoms with Crippen molar-refractivity contribution in [2.45, 2.75) is 57.9 Å². The van der Waals surface area contributed by atoms with Gasteiger partial charge < -0.3 is 19.7 Å². The highest BCUT2D eigenvalue weighted by Crippen LogP contribution is 2.30. The van der Waals surface area contributed by atoms with Gasteiger partial charge in [-0.2, -0.15) is 0 Å². The van der Waals surface area contributed by atoms with Gasteiger partial charge in [0.05, 0.1) is 19.8 Å². The first-order valence-electron chi connectivity index (χ1n) is 12.2. The summed E-state index contributed by atoms with van der Waals surface area (Å²) in [7, 11) is 2.15. The molecular weight excluding hydrogens is 433 g/mol. The van der Waals surface area contributed by atoms with E-state index < -0.39 is 0 Å². The highest BCUT2D eigenvalue weighted by molar-refractivity contribution is 5.74. The van der Waals surface area contributed by atoms with Crippen LogP contribution in [0.15, 0.2) is 48.5 Å². The molecule has 34 heavy (non-hydrogen) atoms. The van der Waals surface area contributed by atoms with Crippen LogP contribution in [0.4, 0.5) is 9.18 Å². The number of nitrogens with one attached hydrogen (secondary N) is 1. The molecule has 2 aliphatic rings. The predicted octanol–water partition coefficient (Wildman–Crippen LogP) is 4.43. The van der Waals surface area contributed by atoms with E-state index in [4.69, 9.17) is 9.47 Å². The number of hydrogen-bond acceptors (Lipinski definition) is 4. The molecule has 1 N–H and O–H groups in total. The van der Waals surface area contributed by atoms with Crippen molar-refractivity contribution in [3.8, 4) is 5.75 Å². The number of carbonyl (C=O) groups excluding carboxylic acids is 1. The molecule has 7 heteroatoms. The number of amides is 2. The fraction of sp³-hybridized carbons (Fsp3) is 0.519. The van der Waals surface area contributed by atoms with Gasteiger partial charge in [-0.1, -0.05) is 38.1 Å². The maximum atomic E-state index is 13.4. The zero-order valence-electron chi connectivity index (χ0n) is 20.4. The summed E-state index contributed by atoms with van der Waals surface area (Å²) in [6, 6.07) is 14.9. The van der Waals surface area contributed by atoms with Gasteiger partial charge in [0.15, 0.2) is 0 Å². The van der Waals surface area contributed by atoms with E-state index >= 15 is 0 Å². The number of morpholine rings is 1. The van der Waals surface area contributed by atoms with Crippen molar-refractivity contribution < 1.29 is 18.7 Å². The van der Waals surface area contributed by atoms with Gasteiger partial charge in [-0.3, -0.25) is 4.90 Å². The number of fused-ring (bicyclic) bond motifs is 2. The van der Waals surface area contributed by atoms with Crippen molar-refractivity contribution in [3.63, 3.8) is 0 Å². The molecule has 2 aromatic rings. The van der Waals surface area contributed by atoms with Crippen LogP contribution >= 0.6 is 0 Å². The lowest BCUT2D eigenvalue weighted by Gasteiger charge is -2.49. The summed E-state index contributed by atoms with van der Waals surface area (Å²) < 4.78 is 24.9. The maximum Gasteiger partial charge on any atom is 0.318 e. The summed E-state index contributed by atoms with van der Waals surface area (Å²) in [6.07, 6.45) is 1.73. The van der Waals surface area contributed by atoms with Crippen LogP contribution in [0, 0.1) is 11.7 Å². The number of hydrogen-bond donors (Lipinski definition) is 1. The molecule has 0 aromatic heterocycles. The van der Waals surface area contributed by atoms with Gasteiger partial charge in [0.1, 0.15) is 11.6 Å². The minimum atomic E-state index is -0.272. The van der Waals surface area contributed by atoms with Gasteiger partial charge in [0.2, 0.25) is 0 Å². The molecule has 0 spiro atoms. The number of halogens is 1. The number of carbonyl (C=O) groups is 1. The van der Waals surface area contributed by atoms with Gasteiger partial charge in [0.25, 0.3) is 0 Å². The Hall–Kier alpha value is -2.64. The number of urea groups is 1. The fourth-order valence-electron chi connectivity index (χ4n) is 4.72. The van der Waals surface area contributed by atoms with E-state index in [1.165, 1.54) is 12.1 Å². The van der Waals surface area contributed by atoms with Crippen LogP contribution in [-0.2, 0) is 17.8 Å². The lowest BCUT2D eigenvalue weighted by Crippen LogP contribution is -2.60. The molecule has 0 saturated carbocycles. The van der Waals surface area contributed by atoms with Crippen LogP contribution in [0.1, 0.15) is 37.8 Å². The van der Waals surface area contributed by atoms with Crippen molar-refractivity contribution in [2.75, 3.05) is 26.9 Å². The minimum Gasteiger partial charge on any atom is -0.493 e.